The molecule has 0 fully saturated rings. The molecule has 0 N–H and O–H groups in total. The molecule has 4 aromatic heterocycles. The summed E-state index contributed by atoms with van der Waals surface area (Å²) < 4.78 is 11.8. The van der Waals surface area contributed by atoms with Crippen molar-refractivity contribution in [2.75, 3.05) is 0 Å². The maximum Gasteiger partial charge on any atom is 0.165 e. The van der Waals surface area contributed by atoms with Gasteiger partial charge in [0, 0.05) is 70.0 Å². The molecule has 0 aliphatic heterocycles. The molecule has 6 heteroatoms. The number of hydrogen-bond acceptors (Lipinski definition) is 5. The first-order valence-corrected chi connectivity index (χ1v) is 23.6. The van der Waals surface area contributed by atoms with Crippen LogP contribution in [0.3, 0.4) is 0 Å². The number of nitrogens with zero attached hydrogens (tertiary/aromatic N) is 4. The molecule has 14 rings (SSSR count). The van der Waals surface area contributed by atoms with E-state index in [0.29, 0.717) is 17.5 Å². The summed E-state index contributed by atoms with van der Waals surface area (Å²) in [6, 6.07) is 67.5. The fraction of sp³-hybridized carbons (Fsp3) is 0.0328. The lowest BCUT2D eigenvalue weighted by molar-refractivity contribution is 0.668. The Morgan fingerprint density at radius 1 is 0.448 bits per heavy atom. The first-order valence-electron chi connectivity index (χ1n) is 22.8. The summed E-state index contributed by atoms with van der Waals surface area (Å²) >= 11 is 1.79. The predicted molar refractivity (Wildman–Crippen MR) is 280 cm³/mol. The van der Waals surface area contributed by atoms with E-state index < -0.39 is 0 Å². The van der Waals surface area contributed by atoms with Gasteiger partial charge in [-0.25, -0.2) is 15.0 Å². The molecule has 5 nitrogen and oxygen atoms in total. The molecular formula is C61H38N4OS. The molecule has 13 aromatic rings. The van der Waals surface area contributed by atoms with Crippen LogP contribution in [-0.2, 0) is 0 Å². The van der Waals surface area contributed by atoms with E-state index in [0.717, 1.165) is 90.5 Å². The van der Waals surface area contributed by atoms with Crippen molar-refractivity contribution < 1.29 is 4.42 Å². The van der Waals surface area contributed by atoms with Crippen molar-refractivity contribution in [2.45, 2.75) is 12.8 Å². The van der Waals surface area contributed by atoms with Crippen LogP contribution < -0.4 is 0 Å². The average Bonchev–Trinajstić information content (AvgIpc) is 4.07. The van der Waals surface area contributed by atoms with Crippen molar-refractivity contribution >= 4 is 91.6 Å². The number of fused-ring (bicyclic) bond motifs is 10. The monoisotopic (exact) mass is 874 g/mol. The van der Waals surface area contributed by atoms with Gasteiger partial charge in [-0.05, 0) is 82.8 Å². The molecule has 0 unspecified atom stereocenters. The highest BCUT2D eigenvalue weighted by atomic mass is 32.1. The Bertz CT molecular complexity index is 4230. The van der Waals surface area contributed by atoms with E-state index in [1.54, 1.807) is 11.3 Å². The van der Waals surface area contributed by atoms with Gasteiger partial charge in [0.2, 0.25) is 0 Å². The lowest BCUT2D eigenvalue weighted by Crippen LogP contribution is -2.03. The molecule has 67 heavy (non-hydrogen) atoms. The van der Waals surface area contributed by atoms with Gasteiger partial charge < -0.3 is 8.98 Å². The van der Waals surface area contributed by atoms with Crippen molar-refractivity contribution in [1.82, 2.24) is 19.5 Å². The topological polar surface area (TPSA) is 56.7 Å². The lowest BCUT2D eigenvalue weighted by atomic mass is 9.92. The zero-order chi connectivity index (χ0) is 44.0. The Balaban J connectivity index is 1.06. The predicted octanol–water partition coefficient (Wildman–Crippen LogP) is 16.8. The summed E-state index contributed by atoms with van der Waals surface area (Å²) in [5.74, 6) is 1.92. The molecule has 0 bridgehead atoms. The summed E-state index contributed by atoms with van der Waals surface area (Å²) in [6.07, 6.45) is 8.54. The number of hydrogen-bond donors (Lipinski definition) is 0. The number of allylic oxidation sites excluding steroid dienone is 4. The summed E-state index contributed by atoms with van der Waals surface area (Å²) in [5.41, 5.74) is 12.3. The second kappa shape index (κ2) is 15.1. The van der Waals surface area contributed by atoms with Gasteiger partial charge in [-0.1, -0.05) is 158 Å². The first kappa shape index (κ1) is 37.9. The molecular weight excluding hydrogens is 837 g/mol. The minimum atomic E-state index is 0.607. The SMILES string of the molecule is C1=CC(c2nc(-c3cccc4c3sc3ccccc34)nc(-c3cccc4oc5cc(-n6c7ccccc7c7cc8ccccc8cc76)c(-c6ccccc6-c6ccccc6)cc5c34)n2)=CCC1. The Labute approximate surface area is 389 Å². The van der Waals surface area contributed by atoms with Gasteiger partial charge in [-0.15, -0.1) is 11.3 Å². The van der Waals surface area contributed by atoms with E-state index in [9.17, 15) is 0 Å². The number of furan rings is 1. The van der Waals surface area contributed by atoms with Gasteiger partial charge in [0.1, 0.15) is 11.2 Å². The standard InChI is InChI=1S/C61H38N4OS/c1-3-17-37(18-4-1)41-23-9-10-24-42(41)49-35-50-55(36-53(49)65-51-30-13-11-25-43(51)48-33-39-21-7-8-22-40(39)34-52(48)65)66-54-31-16-28-46(57(50)54)60-62-59(38-19-5-2-6-20-38)63-61(64-60)47-29-15-27-45-44-26-12-14-32-56(44)67-58(45)47/h1,3-5,7-36H,2,6H2. The second-order valence-electron chi connectivity index (χ2n) is 17.4. The van der Waals surface area contributed by atoms with Crippen molar-refractivity contribution in [3.8, 4) is 50.7 Å². The zero-order valence-corrected chi connectivity index (χ0v) is 37.0. The lowest BCUT2D eigenvalue weighted by Gasteiger charge is -2.17. The largest absolute Gasteiger partial charge is 0.456 e. The van der Waals surface area contributed by atoms with E-state index in [4.69, 9.17) is 19.4 Å². The van der Waals surface area contributed by atoms with Crippen LogP contribution in [0.25, 0.3) is 131 Å². The van der Waals surface area contributed by atoms with E-state index in [1.165, 1.54) is 41.7 Å². The normalized spacial score (nSPS) is 13.0. The molecule has 0 spiro atoms. The number of thiophene rings is 1. The quantitative estimate of drug-likeness (QED) is 0.167. The van der Waals surface area contributed by atoms with E-state index in [-0.39, 0.29) is 0 Å². The molecule has 0 amide bonds. The molecule has 0 radical (unpaired) electrons. The number of rotatable bonds is 6. The maximum atomic E-state index is 7.00. The van der Waals surface area contributed by atoms with Crippen molar-refractivity contribution in [3.05, 3.63) is 212 Å². The third-order valence-electron chi connectivity index (χ3n) is 13.5. The molecule has 4 heterocycles. The van der Waals surface area contributed by atoms with Gasteiger partial charge in [-0.2, -0.15) is 0 Å². The molecule has 1 aliphatic carbocycles. The van der Waals surface area contributed by atoms with Gasteiger partial charge in [0.25, 0.3) is 0 Å². The molecule has 0 saturated carbocycles. The maximum absolute atomic E-state index is 7.00. The molecule has 314 valence electrons. The molecule has 0 saturated heterocycles. The third kappa shape index (κ3) is 6.03. The highest BCUT2D eigenvalue weighted by Crippen LogP contribution is 2.46. The van der Waals surface area contributed by atoms with Crippen LogP contribution in [0, 0.1) is 0 Å². The zero-order valence-electron chi connectivity index (χ0n) is 36.1. The third-order valence-corrected chi connectivity index (χ3v) is 14.7. The van der Waals surface area contributed by atoms with Gasteiger partial charge >= 0.3 is 0 Å². The summed E-state index contributed by atoms with van der Waals surface area (Å²) in [7, 11) is 0. The smallest absolute Gasteiger partial charge is 0.165 e. The highest BCUT2D eigenvalue weighted by molar-refractivity contribution is 7.26. The number of aromatic nitrogens is 4. The minimum absolute atomic E-state index is 0.607. The summed E-state index contributed by atoms with van der Waals surface area (Å²) in [6.45, 7) is 0. The van der Waals surface area contributed by atoms with Crippen LogP contribution in [0.2, 0.25) is 0 Å². The second-order valence-corrected chi connectivity index (χ2v) is 18.4. The van der Waals surface area contributed by atoms with Crippen molar-refractivity contribution in [3.63, 3.8) is 0 Å². The number of para-hydroxylation sites is 1. The molecule has 9 aromatic carbocycles. The van der Waals surface area contributed by atoms with Crippen LogP contribution in [0.1, 0.15) is 18.7 Å². The highest BCUT2D eigenvalue weighted by Gasteiger charge is 2.24. The minimum Gasteiger partial charge on any atom is -0.456 e. The van der Waals surface area contributed by atoms with E-state index >= 15 is 0 Å². The van der Waals surface area contributed by atoms with E-state index in [1.807, 2.05) is 0 Å². The Kier molecular flexibility index (Phi) is 8.51. The first-order chi connectivity index (χ1) is 33.2. The average molecular weight is 875 g/mol. The van der Waals surface area contributed by atoms with Gasteiger partial charge in [-0.3, -0.25) is 0 Å². The van der Waals surface area contributed by atoms with E-state index in [2.05, 4.69) is 211 Å². The van der Waals surface area contributed by atoms with Crippen molar-refractivity contribution in [2.24, 2.45) is 0 Å². The Morgan fingerprint density at radius 3 is 2.00 bits per heavy atom. The number of benzene rings is 9. The Morgan fingerprint density at radius 2 is 1.13 bits per heavy atom. The fourth-order valence-electron chi connectivity index (χ4n) is 10.4. The van der Waals surface area contributed by atoms with Crippen LogP contribution in [-0.4, -0.2) is 19.5 Å². The molecule has 1 aliphatic rings. The molecule has 0 atom stereocenters. The summed E-state index contributed by atoms with van der Waals surface area (Å²) in [5, 5.41) is 9.22. The van der Waals surface area contributed by atoms with Crippen LogP contribution >= 0.6 is 11.3 Å². The van der Waals surface area contributed by atoms with Crippen molar-refractivity contribution in [1.29, 1.82) is 0 Å². The summed E-state index contributed by atoms with van der Waals surface area (Å²) in [4.78, 5) is 16.0. The van der Waals surface area contributed by atoms with Crippen LogP contribution in [0.15, 0.2) is 211 Å². The fourth-order valence-corrected chi connectivity index (χ4v) is 11.6. The van der Waals surface area contributed by atoms with Gasteiger partial charge in [0.05, 0.1) is 16.7 Å². The van der Waals surface area contributed by atoms with Crippen LogP contribution in [0.4, 0.5) is 0 Å². The Hall–Kier alpha value is -8.45. The van der Waals surface area contributed by atoms with Crippen LogP contribution in [0.5, 0.6) is 0 Å². The van der Waals surface area contributed by atoms with Gasteiger partial charge in [0.15, 0.2) is 17.5 Å².